The number of rotatable bonds is 8. The van der Waals surface area contributed by atoms with Gasteiger partial charge in [0.15, 0.2) is 5.58 Å². The summed E-state index contributed by atoms with van der Waals surface area (Å²) in [5, 5.41) is 0. The molecule has 8 heteroatoms. The highest BCUT2D eigenvalue weighted by molar-refractivity contribution is 5.99. The van der Waals surface area contributed by atoms with Crippen LogP contribution in [-0.2, 0) is 9.53 Å². The second-order valence-electron chi connectivity index (χ2n) is 9.32. The summed E-state index contributed by atoms with van der Waals surface area (Å²) in [4.78, 5) is 45.0. The van der Waals surface area contributed by atoms with Crippen molar-refractivity contribution in [2.24, 2.45) is 23.5 Å². The van der Waals surface area contributed by atoms with E-state index in [1.807, 2.05) is 11.0 Å². The minimum absolute atomic E-state index is 0.0391. The van der Waals surface area contributed by atoms with Gasteiger partial charge in [-0.3, -0.25) is 9.59 Å². The van der Waals surface area contributed by atoms with E-state index in [-0.39, 0.29) is 18.4 Å². The van der Waals surface area contributed by atoms with Crippen LogP contribution < -0.4 is 5.73 Å². The molecular formula is C25H33N3O5. The van der Waals surface area contributed by atoms with Crippen molar-refractivity contribution >= 4 is 28.9 Å². The van der Waals surface area contributed by atoms with E-state index in [1.165, 1.54) is 6.42 Å². The third kappa shape index (κ3) is 5.72. The van der Waals surface area contributed by atoms with Gasteiger partial charge in [0.05, 0.1) is 11.8 Å². The number of benzene rings is 1. The number of oxazole rings is 1. The lowest BCUT2D eigenvalue weighted by Gasteiger charge is -2.35. The third-order valence-corrected chi connectivity index (χ3v) is 7.03. The summed E-state index contributed by atoms with van der Waals surface area (Å²) in [7, 11) is 0. The Kier molecular flexibility index (Phi) is 7.62. The van der Waals surface area contributed by atoms with Gasteiger partial charge in [-0.2, -0.15) is 0 Å². The topological polar surface area (TPSA) is 116 Å². The molecule has 0 bridgehead atoms. The molecule has 2 heterocycles. The van der Waals surface area contributed by atoms with Gasteiger partial charge in [-0.05, 0) is 43.7 Å². The number of carbonyl (C=O) groups is 3. The fraction of sp³-hybridized carbons (Fsp3) is 0.600. The highest BCUT2D eigenvalue weighted by Crippen LogP contribution is 2.35. The lowest BCUT2D eigenvalue weighted by atomic mass is 9.76. The standard InChI is InChI=1S/C25H33N3O5/c26-25(31)32-16-19(22(29)23-27-20-11-5-6-12-21(20)33-23)18(15-17-9-3-1-4-10-17)24(30)28-13-7-2-8-14-28/h5-6,11-12,17-19H,1-4,7-10,13-16H2,(H2,26,31). The van der Waals surface area contributed by atoms with Crippen LogP contribution in [0.15, 0.2) is 28.7 Å². The largest absolute Gasteiger partial charge is 0.449 e. The van der Waals surface area contributed by atoms with Crippen molar-refractivity contribution in [2.75, 3.05) is 19.7 Å². The van der Waals surface area contributed by atoms with Gasteiger partial charge in [0.1, 0.15) is 12.1 Å². The van der Waals surface area contributed by atoms with Crippen molar-refractivity contribution < 1.29 is 23.5 Å². The predicted octanol–water partition coefficient (Wildman–Crippen LogP) is 4.32. The van der Waals surface area contributed by atoms with E-state index in [9.17, 15) is 14.4 Å². The molecule has 0 spiro atoms. The summed E-state index contributed by atoms with van der Waals surface area (Å²) >= 11 is 0. The summed E-state index contributed by atoms with van der Waals surface area (Å²) in [5.41, 5.74) is 6.31. The molecule has 8 nitrogen and oxygen atoms in total. The van der Waals surface area contributed by atoms with Crippen molar-refractivity contribution in [1.82, 2.24) is 9.88 Å². The quantitative estimate of drug-likeness (QED) is 0.593. The Morgan fingerprint density at radius 2 is 1.73 bits per heavy atom. The molecule has 1 saturated carbocycles. The Morgan fingerprint density at radius 3 is 2.42 bits per heavy atom. The fourth-order valence-electron chi connectivity index (χ4n) is 5.25. The van der Waals surface area contributed by atoms with Crippen LogP contribution in [0.3, 0.4) is 0 Å². The van der Waals surface area contributed by atoms with Gasteiger partial charge in [0.2, 0.25) is 11.7 Å². The zero-order chi connectivity index (χ0) is 23.2. The molecule has 1 aliphatic heterocycles. The molecule has 2 unspecified atom stereocenters. The maximum absolute atomic E-state index is 13.7. The van der Waals surface area contributed by atoms with E-state index >= 15 is 0 Å². The Bertz CT molecular complexity index is 942. The van der Waals surface area contributed by atoms with Gasteiger partial charge in [-0.25, -0.2) is 9.78 Å². The number of likely N-dealkylation sites (tertiary alicyclic amines) is 1. The number of fused-ring (bicyclic) bond motifs is 1. The van der Waals surface area contributed by atoms with Crippen LogP contribution in [0.4, 0.5) is 4.79 Å². The van der Waals surface area contributed by atoms with E-state index in [0.29, 0.717) is 36.5 Å². The van der Waals surface area contributed by atoms with Gasteiger partial charge in [0.25, 0.3) is 5.89 Å². The van der Waals surface area contributed by atoms with Gasteiger partial charge in [-0.15, -0.1) is 0 Å². The van der Waals surface area contributed by atoms with Gasteiger partial charge < -0.3 is 19.8 Å². The number of carbonyl (C=O) groups excluding carboxylic acids is 3. The summed E-state index contributed by atoms with van der Waals surface area (Å²) in [6.45, 7) is 1.13. The Balaban J connectivity index is 1.65. The van der Waals surface area contributed by atoms with E-state index in [2.05, 4.69) is 4.98 Å². The lowest BCUT2D eigenvalue weighted by molar-refractivity contribution is -0.139. The molecule has 2 fully saturated rings. The summed E-state index contributed by atoms with van der Waals surface area (Å²) < 4.78 is 10.8. The number of hydrogen-bond donors (Lipinski definition) is 1. The maximum Gasteiger partial charge on any atom is 0.404 e. The molecule has 0 radical (unpaired) electrons. The number of nitrogens with two attached hydrogens (primary N) is 1. The second kappa shape index (κ2) is 10.8. The zero-order valence-corrected chi connectivity index (χ0v) is 19.0. The van der Waals surface area contributed by atoms with Crippen molar-refractivity contribution in [2.45, 2.75) is 57.8 Å². The molecule has 2 atom stereocenters. The molecule has 1 aromatic heterocycles. The molecule has 33 heavy (non-hydrogen) atoms. The number of piperidine rings is 1. The first-order chi connectivity index (χ1) is 16.0. The van der Waals surface area contributed by atoms with Gasteiger partial charge in [-0.1, -0.05) is 44.2 Å². The van der Waals surface area contributed by atoms with E-state index in [4.69, 9.17) is 14.9 Å². The molecule has 2 amide bonds. The van der Waals surface area contributed by atoms with Crippen LogP contribution >= 0.6 is 0 Å². The van der Waals surface area contributed by atoms with E-state index in [1.54, 1.807) is 18.2 Å². The molecule has 1 aliphatic carbocycles. The first-order valence-electron chi connectivity index (χ1n) is 12.1. The smallest absolute Gasteiger partial charge is 0.404 e. The van der Waals surface area contributed by atoms with Crippen LogP contribution in [0, 0.1) is 17.8 Å². The van der Waals surface area contributed by atoms with Crippen LogP contribution in [0.25, 0.3) is 11.1 Å². The monoisotopic (exact) mass is 455 g/mol. The van der Waals surface area contributed by atoms with E-state index in [0.717, 1.165) is 44.9 Å². The van der Waals surface area contributed by atoms with E-state index < -0.39 is 23.7 Å². The normalized spacial score (nSPS) is 19.2. The summed E-state index contributed by atoms with van der Waals surface area (Å²) in [6, 6.07) is 7.13. The number of aromatic nitrogens is 1. The Hall–Kier alpha value is -2.90. The van der Waals surface area contributed by atoms with Crippen LogP contribution in [0.2, 0.25) is 0 Å². The fourth-order valence-corrected chi connectivity index (χ4v) is 5.25. The average molecular weight is 456 g/mol. The molecule has 2 aromatic rings. The number of para-hydroxylation sites is 2. The van der Waals surface area contributed by atoms with Crippen LogP contribution in [0.5, 0.6) is 0 Å². The van der Waals surface area contributed by atoms with Crippen molar-refractivity contribution in [3.8, 4) is 0 Å². The zero-order valence-electron chi connectivity index (χ0n) is 19.0. The third-order valence-electron chi connectivity index (χ3n) is 7.03. The van der Waals surface area contributed by atoms with Crippen molar-refractivity contribution in [3.05, 3.63) is 30.2 Å². The number of ether oxygens (including phenoxy) is 1. The number of primary amides is 1. The minimum atomic E-state index is -0.966. The van der Waals surface area contributed by atoms with Crippen LogP contribution in [-0.4, -0.2) is 47.4 Å². The predicted molar refractivity (Wildman–Crippen MR) is 122 cm³/mol. The highest BCUT2D eigenvalue weighted by Gasteiger charge is 2.41. The Morgan fingerprint density at radius 1 is 1.03 bits per heavy atom. The van der Waals surface area contributed by atoms with Crippen molar-refractivity contribution in [3.63, 3.8) is 0 Å². The molecule has 1 saturated heterocycles. The number of hydrogen-bond acceptors (Lipinski definition) is 6. The first-order valence-corrected chi connectivity index (χ1v) is 12.1. The van der Waals surface area contributed by atoms with Crippen LogP contribution in [0.1, 0.15) is 68.5 Å². The number of ketones is 1. The molecule has 2 N–H and O–H groups in total. The van der Waals surface area contributed by atoms with Gasteiger partial charge in [0, 0.05) is 13.1 Å². The molecular weight excluding hydrogens is 422 g/mol. The highest BCUT2D eigenvalue weighted by atomic mass is 16.5. The van der Waals surface area contributed by atoms with Gasteiger partial charge >= 0.3 is 6.09 Å². The molecule has 2 aliphatic rings. The number of nitrogens with zero attached hydrogens (tertiary/aromatic N) is 2. The minimum Gasteiger partial charge on any atom is -0.449 e. The lowest BCUT2D eigenvalue weighted by Crippen LogP contribution is -2.45. The van der Waals surface area contributed by atoms with Crippen molar-refractivity contribution in [1.29, 1.82) is 0 Å². The first kappa shape index (κ1) is 23.3. The number of Topliss-reactive ketones (excluding diaryl/α,β-unsaturated/α-hetero) is 1. The maximum atomic E-state index is 13.7. The molecule has 1 aromatic carbocycles. The summed E-state index contributed by atoms with van der Waals surface area (Å²) in [5.74, 6) is -1.64. The second-order valence-corrected chi connectivity index (χ2v) is 9.32. The molecule has 178 valence electrons. The Labute approximate surface area is 193 Å². The SMILES string of the molecule is NC(=O)OCC(C(=O)c1nc2ccccc2o1)C(CC1CCCCC1)C(=O)N1CCCCC1. The average Bonchev–Trinajstić information content (AvgIpc) is 3.28. The molecule has 4 rings (SSSR count). The summed E-state index contributed by atoms with van der Waals surface area (Å²) in [6.07, 6.45) is 8.22. The number of amides is 2.